The summed E-state index contributed by atoms with van der Waals surface area (Å²) in [4.78, 5) is 55.6. The fraction of sp³-hybridized carbons (Fsp3) is 0.310. The molecule has 13 heteroatoms. The Morgan fingerprint density at radius 1 is 1.02 bits per heavy atom. The Labute approximate surface area is 248 Å². The van der Waals surface area contributed by atoms with Crippen LogP contribution >= 0.6 is 23.2 Å². The molecular formula is C29H25Cl2N3O8. The Bertz CT molecular complexity index is 1910. The zero-order valence-electron chi connectivity index (χ0n) is 23.1. The smallest absolute Gasteiger partial charge is 0.332 e. The summed E-state index contributed by atoms with van der Waals surface area (Å²) in [5.74, 6) is -2.79. The van der Waals surface area contributed by atoms with E-state index in [1.807, 2.05) is 0 Å². The number of carbonyl (C=O) groups is 2. The van der Waals surface area contributed by atoms with Crippen molar-refractivity contribution in [3.63, 3.8) is 0 Å². The van der Waals surface area contributed by atoms with Crippen LogP contribution in [0.5, 0.6) is 23.0 Å². The molecule has 0 amide bonds. The molecule has 1 aromatic heterocycles. The van der Waals surface area contributed by atoms with Crippen molar-refractivity contribution < 1.29 is 28.9 Å². The summed E-state index contributed by atoms with van der Waals surface area (Å²) in [6.07, 6.45) is 0.142. The van der Waals surface area contributed by atoms with E-state index in [2.05, 4.69) is 5.32 Å². The molecule has 6 rings (SSSR count). The van der Waals surface area contributed by atoms with Crippen LogP contribution in [-0.2, 0) is 18.9 Å². The van der Waals surface area contributed by atoms with Crippen LogP contribution in [-0.4, -0.2) is 45.6 Å². The number of nitrogens with one attached hydrogen (secondary N) is 1. The number of aromatic nitrogens is 2. The lowest BCUT2D eigenvalue weighted by Gasteiger charge is -2.42. The molecule has 0 unspecified atom stereocenters. The Balaban J connectivity index is 1.63. The summed E-state index contributed by atoms with van der Waals surface area (Å²) >= 11 is 12.9. The highest BCUT2D eigenvalue weighted by Crippen LogP contribution is 2.56. The normalized spacial score (nSPS) is 22.4. The standard InChI is InChI=1S/C29H25Cl2N3O8/c1-11-8-14-19(24(36)29(11)25(37)20-16(40-4)10-17(41-5)22(31)23(20)42-29)18(12-6-7-15(35)13(30)9-12)21-26(32-14)33(2)28(39)34(3)27(21)38/h6-7,9-11,18,32,35H,8H2,1-5H3/t11-,18+,29+/m1/s1. The molecule has 1 spiro atoms. The molecule has 218 valence electrons. The number of ketones is 2. The highest BCUT2D eigenvalue weighted by molar-refractivity contribution is 6.36. The molecule has 2 aliphatic heterocycles. The van der Waals surface area contributed by atoms with Crippen LogP contribution in [0.25, 0.3) is 0 Å². The van der Waals surface area contributed by atoms with E-state index in [0.717, 1.165) is 4.57 Å². The molecule has 2 N–H and O–H groups in total. The molecule has 1 aliphatic carbocycles. The highest BCUT2D eigenvalue weighted by Gasteiger charge is 2.63. The summed E-state index contributed by atoms with van der Waals surface area (Å²) in [6.45, 7) is 1.70. The first-order valence-corrected chi connectivity index (χ1v) is 13.7. The maximum absolute atomic E-state index is 14.8. The van der Waals surface area contributed by atoms with Crippen molar-refractivity contribution >= 4 is 40.6 Å². The third-order valence-electron chi connectivity index (χ3n) is 8.38. The third kappa shape index (κ3) is 3.46. The molecular weight excluding hydrogens is 589 g/mol. The topological polar surface area (TPSA) is 138 Å². The van der Waals surface area contributed by atoms with Crippen molar-refractivity contribution in [1.82, 2.24) is 9.13 Å². The minimum Gasteiger partial charge on any atom is -0.506 e. The molecule has 3 atom stereocenters. The second-order valence-electron chi connectivity index (χ2n) is 10.5. The Morgan fingerprint density at radius 2 is 1.71 bits per heavy atom. The first-order valence-electron chi connectivity index (χ1n) is 12.9. The number of halogens is 2. The van der Waals surface area contributed by atoms with E-state index >= 15 is 0 Å². The quantitative estimate of drug-likeness (QED) is 0.425. The van der Waals surface area contributed by atoms with Crippen LogP contribution in [0.15, 0.2) is 45.1 Å². The van der Waals surface area contributed by atoms with Gasteiger partial charge in [-0.3, -0.25) is 23.5 Å². The van der Waals surface area contributed by atoms with Gasteiger partial charge in [0.25, 0.3) is 5.56 Å². The number of aromatic hydroxyl groups is 1. The molecule has 11 nitrogen and oxygen atoms in total. The van der Waals surface area contributed by atoms with Gasteiger partial charge in [0.1, 0.15) is 33.7 Å². The van der Waals surface area contributed by atoms with Crippen LogP contribution in [0.3, 0.4) is 0 Å². The van der Waals surface area contributed by atoms with Crippen molar-refractivity contribution in [2.75, 3.05) is 19.5 Å². The number of phenolic OH excluding ortho intramolecular Hbond substituents is 1. The average Bonchev–Trinajstić information content (AvgIpc) is 3.29. The summed E-state index contributed by atoms with van der Waals surface area (Å²) in [7, 11) is 5.62. The fourth-order valence-corrected chi connectivity index (χ4v) is 6.68. The first kappa shape index (κ1) is 27.9. The zero-order valence-corrected chi connectivity index (χ0v) is 24.6. The number of hydrogen-bond donors (Lipinski definition) is 2. The van der Waals surface area contributed by atoms with Crippen molar-refractivity contribution in [3.8, 4) is 23.0 Å². The maximum atomic E-state index is 14.8. The van der Waals surface area contributed by atoms with E-state index in [-0.39, 0.29) is 62.0 Å². The third-order valence-corrected chi connectivity index (χ3v) is 9.04. The summed E-state index contributed by atoms with van der Waals surface area (Å²) in [5, 5.41) is 13.3. The van der Waals surface area contributed by atoms with Gasteiger partial charge in [-0.1, -0.05) is 36.2 Å². The lowest BCUT2D eigenvalue weighted by atomic mass is 9.66. The van der Waals surface area contributed by atoms with Gasteiger partial charge in [-0.15, -0.1) is 0 Å². The number of anilines is 1. The SMILES string of the molecule is COc1cc(OC)c2c(c1Cl)O[C@@]1(C(=O)C3=C(C[C@H]1C)Nc1c(c(=O)n(C)c(=O)n1C)[C@H]3c1ccc(O)c(Cl)c1)C2=O. The first-order chi connectivity index (χ1) is 19.9. The molecule has 0 saturated carbocycles. The van der Waals surface area contributed by atoms with Gasteiger partial charge in [-0.25, -0.2) is 4.79 Å². The lowest BCUT2D eigenvalue weighted by molar-refractivity contribution is -0.130. The number of methoxy groups -OCH3 is 2. The number of carbonyl (C=O) groups excluding carboxylic acids is 2. The highest BCUT2D eigenvalue weighted by atomic mass is 35.5. The van der Waals surface area contributed by atoms with E-state index in [1.165, 1.54) is 57.1 Å². The Morgan fingerprint density at radius 3 is 2.36 bits per heavy atom. The van der Waals surface area contributed by atoms with Crippen molar-refractivity contribution in [1.29, 1.82) is 0 Å². The second-order valence-corrected chi connectivity index (χ2v) is 11.3. The number of Topliss-reactive ketones (excluding diaryl/α,β-unsaturated/α-hetero) is 2. The summed E-state index contributed by atoms with van der Waals surface area (Å²) in [5.41, 5.74) is -2.22. The lowest BCUT2D eigenvalue weighted by Crippen LogP contribution is -2.58. The summed E-state index contributed by atoms with van der Waals surface area (Å²) in [6, 6.07) is 5.78. The molecule has 42 heavy (non-hydrogen) atoms. The van der Waals surface area contributed by atoms with Crippen LogP contribution in [0.4, 0.5) is 5.82 Å². The Kier molecular flexibility index (Phi) is 6.25. The predicted octanol–water partition coefficient (Wildman–Crippen LogP) is 3.55. The number of fused-ring (bicyclic) bond motifs is 2. The number of phenols is 1. The number of hydrogen-bond acceptors (Lipinski definition) is 9. The molecule has 2 aromatic carbocycles. The van der Waals surface area contributed by atoms with E-state index in [1.54, 1.807) is 6.92 Å². The van der Waals surface area contributed by atoms with Crippen LogP contribution in [0.2, 0.25) is 10.0 Å². The predicted molar refractivity (Wildman–Crippen MR) is 154 cm³/mol. The second kappa shape index (κ2) is 9.40. The molecule has 3 aliphatic rings. The van der Waals surface area contributed by atoms with Crippen molar-refractivity contribution in [2.24, 2.45) is 20.0 Å². The largest absolute Gasteiger partial charge is 0.506 e. The van der Waals surface area contributed by atoms with Gasteiger partial charge in [0.05, 0.1) is 24.8 Å². The number of nitrogens with zero attached hydrogens (tertiary/aromatic N) is 2. The fourth-order valence-electron chi connectivity index (χ4n) is 6.22. The molecule has 0 fully saturated rings. The maximum Gasteiger partial charge on any atom is 0.332 e. The van der Waals surface area contributed by atoms with Crippen molar-refractivity contribution in [3.05, 3.63) is 83.1 Å². The van der Waals surface area contributed by atoms with E-state index in [4.69, 9.17) is 37.4 Å². The van der Waals surface area contributed by atoms with Gasteiger partial charge in [0.15, 0.2) is 5.75 Å². The van der Waals surface area contributed by atoms with Gasteiger partial charge >= 0.3 is 5.69 Å². The van der Waals surface area contributed by atoms with Gasteiger partial charge in [-0.05, 0) is 24.1 Å². The van der Waals surface area contributed by atoms with E-state index < -0.39 is 40.3 Å². The van der Waals surface area contributed by atoms with E-state index in [9.17, 15) is 24.3 Å². The number of benzene rings is 2. The molecule has 3 aromatic rings. The number of allylic oxidation sites excluding steroid dienone is 1. The summed E-state index contributed by atoms with van der Waals surface area (Å²) < 4.78 is 19.3. The van der Waals surface area contributed by atoms with Gasteiger partial charge in [-0.2, -0.15) is 0 Å². The molecule has 0 bridgehead atoms. The van der Waals surface area contributed by atoms with Crippen LogP contribution < -0.4 is 30.8 Å². The minimum atomic E-state index is -2.03. The number of rotatable bonds is 3. The minimum absolute atomic E-state index is 0.00747. The van der Waals surface area contributed by atoms with Gasteiger partial charge < -0.3 is 24.6 Å². The van der Waals surface area contributed by atoms with Crippen LogP contribution in [0.1, 0.15) is 40.7 Å². The van der Waals surface area contributed by atoms with Crippen molar-refractivity contribution in [2.45, 2.75) is 24.9 Å². The van der Waals surface area contributed by atoms with Gasteiger partial charge in [0.2, 0.25) is 17.2 Å². The van der Waals surface area contributed by atoms with Gasteiger partial charge in [0, 0.05) is 43.3 Å². The zero-order chi connectivity index (χ0) is 30.4. The monoisotopic (exact) mass is 613 g/mol. The van der Waals surface area contributed by atoms with E-state index in [0.29, 0.717) is 11.3 Å². The molecule has 0 saturated heterocycles. The Hall–Kier alpha value is -4.22. The van der Waals surface area contributed by atoms with Crippen LogP contribution in [0, 0.1) is 5.92 Å². The number of ether oxygens (including phenoxy) is 3. The molecule has 3 heterocycles. The molecule has 0 radical (unpaired) electrons. The average molecular weight is 614 g/mol.